The van der Waals surface area contributed by atoms with E-state index in [0.717, 1.165) is 83.4 Å². The summed E-state index contributed by atoms with van der Waals surface area (Å²) in [6.45, 7) is 0. The first-order chi connectivity index (χ1) is 24.3. The van der Waals surface area contributed by atoms with Crippen LogP contribution < -0.4 is 0 Å². The Morgan fingerprint density at radius 3 is 1.69 bits per heavy atom. The van der Waals surface area contributed by atoms with Crippen LogP contribution in [0.1, 0.15) is 0 Å². The Kier molecular flexibility index (Phi) is 7.10. The number of para-hydroxylation sites is 2. The molecule has 230 valence electrons. The predicted octanol–water partition coefficient (Wildman–Crippen LogP) is 11.8. The van der Waals surface area contributed by atoms with Gasteiger partial charge in [-0.3, -0.25) is 4.98 Å². The van der Waals surface area contributed by atoms with Crippen molar-refractivity contribution in [3.63, 3.8) is 0 Å². The van der Waals surface area contributed by atoms with Crippen LogP contribution >= 0.6 is 0 Å². The van der Waals surface area contributed by atoms with Crippen LogP contribution in [-0.4, -0.2) is 15.0 Å². The quantitative estimate of drug-likeness (QED) is 0.184. The van der Waals surface area contributed by atoms with Crippen LogP contribution in [-0.2, 0) is 0 Å². The summed E-state index contributed by atoms with van der Waals surface area (Å²) in [5.74, 6) is 0.656. The highest BCUT2D eigenvalue weighted by molar-refractivity contribution is 6.09. The molecule has 4 nitrogen and oxygen atoms in total. The average molecular weight is 628 g/mol. The number of furan rings is 1. The Morgan fingerprint density at radius 2 is 0.959 bits per heavy atom. The van der Waals surface area contributed by atoms with Gasteiger partial charge in [-0.05, 0) is 64.7 Å². The molecule has 0 unspecified atom stereocenters. The van der Waals surface area contributed by atoms with Gasteiger partial charge in [0.15, 0.2) is 5.82 Å². The van der Waals surface area contributed by atoms with E-state index in [1.54, 1.807) is 6.20 Å². The van der Waals surface area contributed by atoms with Gasteiger partial charge in [-0.25, -0.2) is 9.97 Å². The van der Waals surface area contributed by atoms with Crippen LogP contribution in [0.25, 0.3) is 89.2 Å². The second kappa shape index (κ2) is 12.2. The van der Waals surface area contributed by atoms with Crippen LogP contribution in [0.2, 0.25) is 0 Å². The third kappa shape index (κ3) is 5.45. The van der Waals surface area contributed by atoms with Gasteiger partial charge in [0.1, 0.15) is 11.2 Å². The lowest BCUT2D eigenvalue weighted by Gasteiger charge is -2.14. The van der Waals surface area contributed by atoms with E-state index in [1.807, 2.05) is 60.8 Å². The van der Waals surface area contributed by atoms with Crippen molar-refractivity contribution in [2.75, 3.05) is 0 Å². The first-order valence-electron chi connectivity index (χ1n) is 16.3. The topological polar surface area (TPSA) is 51.8 Å². The maximum Gasteiger partial charge on any atom is 0.160 e. The molecule has 0 bridgehead atoms. The highest BCUT2D eigenvalue weighted by atomic mass is 16.3. The van der Waals surface area contributed by atoms with Crippen molar-refractivity contribution in [1.29, 1.82) is 0 Å². The summed E-state index contributed by atoms with van der Waals surface area (Å²) in [4.78, 5) is 14.7. The highest BCUT2D eigenvalue weighted by Gasteiger charge is 2.17. The van der Waals surface area contributed by atoms with Crippen LogP contribution in [0.3, 0.4) is 0 Å². The average Bonchev–Trinajstić information content (AvgIpc) is 3.58. The molecule has 0 radical (unpaired) electrons. The number of fused-ring (bicyclic) bond motifs is 3. The van der Waals surface area contributed by atoms with Gasteiger partial charge in [0.25, 0.3) is 0 Å². The molecule has 49 heavy (non-hydrogen) atoms. The molecule has 0 spiro atoms. The maximum absolute atomic E-state index is 6.52. The lowest BCUT2D eigenvalue weighted by Crippen LogP contribution is -1.97. The van der Waals surface area contributed by atoms with Crippen molar-refractivity contribution in [2.24, 2.45) is 0 Å². The molecule has 6 aromatic carbocycles. The fourth-order valence-corrected chi connectivity index (χ4v) is 6.56. The van der Waals surface area contributed by atoms with Crippen LogP contribution in [0.5, 0.6) is 0 Å². The minimum absolute atomic E-state index is 0.656. The summed E-state index contributed by atoms with van der Waals surface area (Å²) in [6.07, 6.45) is 3.70. The molecule has 0 atom stereocenters. The zero-order valence-electron chi connectivity index (χ0n) is 26.5. The van der Waals surface area contributed by atoms with Crippen molar-refractivity contribution < 1.29 is 4.42 Å². The second-order valence-corrected chi connectivity index (χ2v) is 12.1. The van der Waals surface area contributed by atoms with Crippen molar-refractivity contribution in [3.05, 3.63) is 176 Å². The minimum atomic E-state index is 0.656. The SMILES string of the molecule is c1ccc(-c2cc(-c3ccccc3)nc(-c3cc(-c4cccc(-c5cccnc5)c4)cc(-c4cccc5c4oc4ccccc45)c3)n2)cc1. The molecule has 4 heteroatoms. The van der Waals surface area contributed by atoms with Gasteiger partial charge in [0.05, 0.1) is 11.4 Å². The van der Waals surface area contributed by atoms with Gasteiger partial charge >= 0.3 is 0 Å². The molecular formula is C45H29N3O. The number of hydrogen-bond acceptors (Lipinski definition) is 4. The number of pyridine rings is 1. The maximum atomic E-state index is 6.52. The normalized spacial score (nSPS) is 11.3. The molecule has 0 aliphatic heterocycles. The molecule has 9 aromatic rings. The van der Waals surface area contributed by atoms with Gasteiger partial charge in [-0.15, -0.1) is 0 Å². The molecule has 0 aliphatic carbocycles. The van der Waals surface area contributed by atoms with E-state index in [1.165, 1.54) is 0 Å². The Balaban J connectivity index is 1.29. The summed E-state index contributed by atoms with van der Waals surface area (Å²) >= 11 is 0. The van der Waals surface area contributed by atoms with E-state index in [9.17, 15) is 0 Å². The fraction of sp³-hybridized carbons (Fsp3) is 0. The van der Waals surface area contributed by atoms with E-state index in [0.29, 0.717) is 5.82 Å². The molecule has 9 rings (SSSR count). The largest absolute Gasteiger partial charge is 0.455 e. The van der Waals surface area contributed by atoms with Crippen molar-refractivity contribution in [1.82, 2.24) is 15.0 Å². The second-order valence-electron chi connectivity index (χ2n) is 12.1. The fourth-order valence-electron chi connectivity index (χ4n) is 6.56. The molecule has 0 saturated heterocycles. The molecule has 3 heterocycles. The number of benzene rings is 6. The number of hydrogen-bond donors (Lipinski definition) is 0. The molecule has 0 fully saturated rings. The van der Waals surface area contributed by atoms with Crippen molar-refractivity contribution >= 4 is 21.9 Å². The zero-order chi connectivity index (χ0) is 32.6. The van der Waals surface area contributed by atoms with E-state index < -0.39 is 0 Å². The van der Waals surface area contributed by atoms with E-state index >= 15 is 0 Å². The standard InChI is InChI=1S/C45H29N3O/c1-3-12-30(13-4-1)41-28-42(31-14-5-2-6-15-31)48-45(47-41)37-26-35(33-17-9-16-32(24-33)34-18-11-23-46-29-34)25-36(27-37)38-20-10-21-40-39-19-7-8-22-43(39)49-44(38)40/h1-29H. The first kappa shape index (κ1) is 28.6. The van der Waals surface area contributed by atoms with Gasteiger partial charge in [-0.1, -0.05) is 121 Å². The zero-order valence-corrected chi connectivity index (χ0v) is 26.5. The summed E-state index contributed by atoms with van der Waals surface area (Å²) < 4.78 is 6.52. The third-order valence-electron chi connectivity index (χ3n) is 8.96. The van der Waals surface area contributed by atoms with E-state index in [-0.39, 0.29) is 0 Å². The summed E-state index contributed by atoms with van der Waals surface area (Å²) in [6, 6.07) is 56.5. The summed E-state index contributed by atoms with van der Waals surface area (Å²) in [5.41, 5.74) is 12.8. The molecule has 0 saturated carbocycles. The van der Waals surface area contributed by atoms with Crippen LogP contribution in [0, 0.1) is 0 Å². The number of rotatable bonds is 6. The minimum Gasteiger partial charge on any atom is -0.455 e. The number of nitrogens with zero attached hydrogens (tertiary/aromatic N) is 3. The Bertz CT molecular complexity index is 2540. The van der Waals surface area contributed by atoms with Crippen molar-refractivity contribution in [3.8, 4) is 67.3 Å². The van der Waals surface area contributed by atoms with Gasteiger partial charge < -0.3 is 4.42 Å². The highest BCUT2D eigenvalue weighted by Crippen LogP contribution is 2.40. The predicted molar refractivity (Wildman–Crippen MR) is 200 cm³/mol. The molecule has 0 aliphatic rings. The Morgan fingerprint density at radius 1 is 0.388 bits per heavy atom. The summed E-state index contributed by atoms with van der Waals surface area (Å²) in [5, 5.41) is 2.19. The Hall–Kier alpha value is -6.65. The molecule has 0 N–H and O–H groups in total. The lowest BCUT2D eigenvalue weighted by atomic mass is 9.93. The summed E-state index contributed by atoms with van der Waals surface area (Å²) in [7, 11) is 0. The van der Waals surface area contributed by atoms with Gasteiger partial charge in [0, 0.05) is 51.0 Å². The van der Waals surface area contributed by atoms with E-state index in [4.69, 9.17) is 14.4 Å². The van der Waals surface area contributed by atoms with Crippen molar-refractivity contribution in [2.45, 2.75) is 0 Å². The Labute approximate surface area is 284 Å². The molecular weight excluding hydrogens is 599 g/mol. The van der Waals surface area contributed by atoms with Gasteiger partial charge in [0.2, 0.25) is 0 Å². The molecule has 0 amide bonds. The van der Waals surface area contributed by atoms with Crippen LogP contribution in [0.4, 0.5) is 0 Å². The lowest BCUT2D eigenvalue weighted by molar-refractivity contribution is 0.670. The number of aromatic nitrogens is 3. The van der Waals surface area contributed by atoms with Gasteiger partial charge in [-0.2, -0.15) is 0 Å². The monoisotopic (exact) mass is 627 g/mol. The third-order valence-corrected chi connectivity index (χ3v) is 8.96. The molecule has 3 aromatic heterocycles. The first-order valence-corrected chi connectivity index (χ1v) is 16.3. The van der Waals surface area contributed by atoms with E-state index in [2.05, 4.69) is 114 Å². The van der Waals surface area contributed by atoms with Crippen LogP contribution in [0.15, 0.2) is 181 Å². The smallest absolute Gasteiger partial charge is 0.160 e.